The van der Waals surface area contributed by atoms with Gasteiger partial charge < -0.3 is 4.74 Å². The van der Waals surface area contributed by atoms with Gasteiger partial charge in [-0.15, -0.1) is 0 Å². The molecule has 0 saturated heterocycles. The van der Waals surface area contributed by atoms with E-state index in [4.69, 9.17) is 11.6 Å². The van der Waals surface area contributed by atoms with Crippen molar-refractivity contribution in [2.45, 2.75) is 5.75 Å². The molecule has 2 rings (SSSR count). The fraction of sp³-hybridized carbons (Fsp3) is 0.188. The minimum atomic E-state index is -3.59. The van der Waals surface area contributed by atoms with E-state index in [-0.39, 0.29) is 5.75 Å². The van der Waals surface area contributed by atoms with Gasteiger partial charge in [-0.05, 0) is 28.8 Å². The maximum Gasteiger partial charge on any atom is 0.320 e. The SMILES string of the molecule is COC(=O)CS(=O)(=O)Cc1ccccc1-c1ccc(Cl)cc1. The Morgan fingerprint density at radius 3 is 2.36 bits per heavy atom. The number of rotatable bonds is 5. The van der Waals surface area contributed by atoms with Gasteiger partial charge >= 0.3 is 5.97 Å². The van der Waals surface area contributed by atoms with E-state index < -0.39 is 21.6 Å². The third kappa shape index (κ3) is 4.32. The number of hydrogen-bond acceptors (Lipinski definition) is 4. The molecule has 116 valence electrons. The van der Waals surface area contributed by atoms with Gasteiger partial charge in [-0.25, -0.2) is 8.42 Å². The number of sulfone groups is 1. The largest absolute Gasteiger partial charge is 0.468 e. The lowest BCUT2D eigenvalue weighted by Gasteiger charge is -2.10. The predicted molar refractivity (Wildman–Crippen MR) is 86.4 cm³/mol. The number of ether oxygens (including phenoxy) is 1. The van der Waals surface area contributed by atoms with Crippen LogP contribution in [0.3, 0.4) is 0 Å². The van der Waals surface area contributed by atoms with Gasteiger partial charge in [-0.2, -0.15) is 0 Å². The van der Waals surface area contributed by atoms with Crippen LogP contribution in [0.25, 0.3) is 11.1 Å². The lowest BCUT2D eigenvalue weighted by molar-refractivity contribution is -0.137. The average molecular weight is 339 g/mol. The number of carbonyl (C=O) groups excluding carboxylic acids is 1. The second-order valence-electron chi connectivity index (χ2n) is 4.77. The molecular weight excluding hydrogens is 324 g/mol. The van der Waals surface area contributed by atoms with E-state index in [1.807, 2.05) is 24.3 Å². The Labute approximate surface area is 134 Å². The van der Waals surface area contributed by atoms with Gasteiger partial charge in [-0.1, -0.05) is 48.0 Å². The number of benzene rings is 2. The highest BCUT2D eigenvalue weighted by Crippen LogP contribution is 2.26. The van der Waals surface area contributed by atoms with Gasteiger partial charge in [-0.3, -0.25) is 4.79 Å². The second-order valence-corrected chi connectivity index (χ2v) is 7.27. The Balaban J connectivity index is 2.33. The van der Waals surface area contributed by atoms with E-state index in [0.717, 1.165) is 11.1 Å². The van der Waals surface area contributed by atoms with E-state index in [2.05, 4.69) is 4.74 Å². The molecule has 0 spiro atoms. The molecule has 0 bridgehead atoms. The molecule has 0 aliphatic heterocycles. The van der Waals surface area contributed by atoms with Crippen LogP contribution in [0.4, 0.5) is 0 Å². The Hall–Kier alpha value is -1.85. The summed E-state index contributed by atoms with van der Waals surface area (Å²) in [4.78, 5) is 11.2. The van der Waals surface area contributed by atoms with Crippen LogP contribution in [0.5, 0.6) is 0 Å². The Morgan fingerprint density at radius 1 is 1.09 bits per heavy atom. The first-order valence-electron chi connectivity index (χ1n) is 6.52. The molecule has 22 heavy (non-hydrogen) atoms. The van der Waals surface area contributed by atoms with Crippen molar-refractivity contribution in [2.24, 2.45) is 0 Å². The van der Waals surface area contributed by atoms with Gasteiger partial charge in [0.05, 0.1) is 12.9 Å². The highest BCUT2D eigenvalue weighted by atomic mass is 35.5. The number of carbonyl (C=O) groups is 1. The predicted octanol–water partition coefficient (Wildman–Crippen LogP) is 3.09. The van der Waals surface area contributed by atoms with E-state index in [9.17, 15) is 13.2 Å². The van der Waals surface area contributed by atoms with Crippen LogP contribution in [0.1, 0.15) is 5.56 Å². The van der Waals surface area contributed by atoms with Crippen molar-refractivity contribution < 1.29 is 17.9 Å². The van der Waals surface area contributed by atoms with Crippen molar-refractivity contribution >= 4 is 27.4 Å². The average Bonchev–Trinajstić information content (AvgIpc) is 2.48. The molecule has 0 aliphatic rings. The number of halogens is 1. The topological polar surface area (TPSA) is 60.4 Å². The minimum Gasteiger partial charge on any atom is -0.468 e. The summed E-state index contributed by atoms with van der Waals surface area (Å²) in [6, 6.07) is 14.3. The lowest BCUT2D eigenvalue weighted by Crippen LogP contribution is -2.19. The fourth-order valence-corrected chi connectivity index (χ4v) is 3.51. The summed E-state index contributed by atoms with van der Waals surface area (Å²) in [7, 11) is -2.42. The van der Waals surface area contributed by atoms with Gasteiger partial charge in [0.15, 0.2) is 9.84 Å². The second kappa shape index (κ2) is 6.94. The first kappa shape index (κ1) is 16.5. The summed E-state index contributed by atoms with van der Waals surface area (Å²) < 4.78 is 28.6. The number of esters is 1. The van der Waals surface area contributed by atoms with Crippen molar-refractivity contribution in [1.29, 1.82) is 0 Å². The molecule has 0 aliphatic carbocycles. The van der Waals surface area contributed by atoms with Crippen molar-refractivity contribution in [3.05, 3.63) is 59.1 Å². The molecule has 0 amide bonds. The van der Waals surface area contributed by atoms with E-state index in [0.29, 0.717) is 10.6 Å². The maximum absolute atomic E-state index is 12.1. The maximum atomic E-state index is 12.1. The van der Waals surface area contributed by atoms with Crippen molar-refractivity contribution in [3.63, 3.8) is 0 Å². The molecule has 0 saturated carbocycles. The third-order valence-corrected chi connectivity index (χ3v) is 4.79. The zero-order valence-corrected chi connectivity index (χ0v) is 13.5. The quantitative estimate of drug-likeness (QED) is 0.786. The van der Waals surface area contributed by atoms with Crippen molar-refractivity contribution in [2.75, 3.05) is 12.9 Å². The van der Waals surface area contributed by atoms with E-state index in [1.54, 1.807) is 24.3 Å². The molecule has 2 aromatic rings. The van der Waals surface area contributed by atoms with Crippen LogP contribution < -0.4 is 0 Å². The van der Waals surface area contributed by atoms with Crippen LogP contribution in [0.2, 0.25) is 5.02 Å². The van der Waals surface area contributed by atoms with Gasteiger partial charge in [0, 0.05) is 5.02 Å². The first-order chi connectivity index (χ1) is 10.4. The lowest BCUT2D eigenvalue weighted by atomic mass is 10.0. The molecule has 0 aromatic heterocycles. The third-order valence-electron chi connectivity index (χ3n) is 3.11. The monoisotopic (exact) mass is 338 g/mol. The molecule has 6 heteroatoms. The summed E-state index contributed by atoms with van der Waals surface area (Å²) in [6.45, 7) is 0. The van der Waals surface area contributed by atoms with Crippen LogP contribution in [-0.2, 0) is 25.1 Å². The number of hydrogen-bond donors (Lipinski definition) is 0. The summed E-state index contributed by atoms with van der Waals surface area (Å²) in [5.41, 5.74) is 2.30. The van der Waals surface area contributed by atoms with E-state index >= 15 is 0 Å². The summed E-state index contributed by atoms with van der Waals surface area (Å²) in [6.07, 6.45) is 0. The molecule has 0 N–H and O–H groups in total. The van der Waals surface area contributed by atoms with Crippen molar-refractivity contribution in [3.8, 4) is 11.1 Å². The molecule has 2 aromatic carbocycles. The van der Waals surface area contributed by atoms with Crippen LogP contribution >= 0.6 is 11.6 Å². The standard InChI is InChI=1S/C16H15ClO4S/c1-21-16(18)11-22(19,20)10-13-4-2-3-5-15(13)12-6-8-14(17)9-7-12/h2-9H,10-11H2,1H3. The van der Waals surface area contributed by atoms with E-state index in [1.165, 1.54) is 7.11 Å². The minimum absolute atomic E-state index is 0.221. The number of methoxy groups -OCH3 is 1. The van der Waals surface area contributed by atoms with Crippen molar-refractivity contribution in [1.82, 2.24) is 0 Å². The zero-order valence-electron chi connectivity index (χ0n) is 12.0. The molecular formula is C16H15ClO4S. The summed E-state index contributed by atoms with van der Waals surface area (Å²) in [5, 5.41) is 0.611. The zero-order chi connectivity index (χ0) is 16.2. The highest BCUT2D eigenvalue weighted by molar-refractivity contribution is 7.91. The van der Waals surface area contributed by atoms with Gasteiger partial charge in [0.25, 0.3) is 0 Å². The van der Waals surface area contributed by atoms with Crippen LogP contribution in [0, 0.1) is 0 Å². The van der Waals surface area contributed by atoms with Gasteiger partial charge in [0.1, 0.15) is 5.75 Å². The molecule has 4 nitrogen and oxygen atoms in total. The van der Waals surface area contributed by atoms with Gasteiger partial charge in [0.2, 0.25) is 0 Å². The molecule has 0 unspecified atom stereocenters. The van der Waals surface area contributed by atoms with Crippen LogP contribution in [-0.4, -0.2) is 27.2 Å². The summed E-state index contributed by atoms with van der Waals surface area (Å²) >= 11 is 5.87. The molecule has 0 fully saturated rings. The highest BCUT2D eigenvalue weighted by Gasteiger charge is 2.19. The Morgan fingerprint density at radius 2 is 1.73 bits per heavy atom. The Bertz CT molecular complexity index is 767. The molecule has 0 heterocycles. The first-order valence-corrected chi connectivity index (χ1v) is 8.72. The molecule has 0 radical (unpaired) electrons. The molecule has 0 atom stereocenters. The fourth-order valence-electron chi connectivity index (χ4n) is 2.08. The normalized spacial score (nSPS) is 11.2. The Kier molecular flexibility index (Phi) is 5.21. The van der Waals surface area contributed by atoms with Crippen LogP contribution in [0.15, 0.2) is 48.5 Å². The smallest absolute Gasteiger partial charge is 0.320 e. The summed E-state index contributed by atoms with van der Waals surface area (Å²) in [5.74, 6) is -1.61.